The van der Waals surface area contributed by atoms with Gasteiger partial charge in [-0.1, -0.05) is 12.1 Å². The van der Waals surface area contributed by atoms with Crippen molar-refractivity contribution < 1.29 is 9.53 Å². The average Bonchev–Trinajstić information content (AvgIpc) is 2.83. The van der Waals surface area contributed by atoms with Crippen molar-refractivity contribution in [1.29, 1.82) is 0 Å². The minimum Gasteiger partial charge on any atom is -0.495 e. The number of nitrogens with one attached hydrogen (secondary N) is 2. The van der Waals surface area contributed by atoms with E-state index in [0.717, 1.165) is 5.69 Å². The summed E-state index contributed by atoms with van der Waals surface area (Å²) in [6.07, 6.45) is 3.47. The Kier molecular flexibility index (Phi) is 4.02. The molecule has 0 aliphatic heterocycles. The van der Waals surface area contributed by atoms with Gasteiger partial charge >= 0.3 is 0 Å². The number of para-hydroxylation sites is 2. The first-order chi connectivity index (χ1) is 9.19. The lowest BCUT2D eigenvalue weighted by atomic mass is 10.3. The van der Waals surface area contributed by atoms with Gasteiger partial charge < -0.3 is 15.4 Å². The van der Waals surface area contributed by atoms with E-state index in [1.165, 1.54) is 0 Å². The Balaban J connectivity index is 1.90. The van der Waals surface area contributed by atoms with E-state index in [9.17, 15) is 4.79 Å². The number of hydrogen-bond donors (Lipinski definition) is 2. The largest absolute Gasteiger partial charge is 0.495 e. The number of hydrogen-bond acceptors (Lipinski definition) is 4. The maximum Gasteiger partial charge on any atom is 0.243 e. The van der Waals surface area contributed by atoms with Crippen LogP contribution < -0.4 is 15.4 Å². The Hall–Kier alpha value is -2.50. The third-order valence-corrected chi connectivity index (χ3v) is 2.54. The molecule has 1 heterocycles. The van der Waals surface area contributed by atoms with Gasteiger partial charge in [0, 0.05) is 13.2 Å². The molecule has 0 spiro atoms. The summed E-state index contributed by atoms with van der Waals surface area (Å²) in [5, 5.41) is 9.78. The van der Waals surface area contributed by atoms with Crippen molar-refractivity contribution in [3.05, 3.63) is 36.7 Å². The normalized spacial score (nSPS) is 10.0. The molecule has 0 saturated carbocycles. The van der Waals surface area contributed by atoms with E-state index >= 15 is 0 Å². The number of aryl methyl sites for hydroxylation is 1. The van der Waals surface area contributed by atoms with E-state index in [4.69, 9.17) is 4.74 Å². The highest BCUT2D eigenvalue weighted by atomic mass is 16.5. The second kappa shape index (κ2) is 5.90. The zero-order valence-corrected chi connectivity index (χ0v) is 10.9. The van der Waals surface area contributed by atoms with Crippen LogP contribution in [0.4, 0.5) is 11.4 Å². The number of methoxy groups -OCH3 is 1. The number of rotatable bonds is 5. The van der Waals surface area contributed by atoms with Gasteiger partial charge in [0.05, 0.1) is 31.2 Å². The third-order valence-electron chi connectivity index (χ3n) is 2.54. The van der Waals surface area contributed by atoms with Crippen LogP contribution in [0.25, 0.3) is 0 Å². The number of benzene rings is 1. The summed E-state index contributed by atoms with van der Waals surface area (Å²) >= 11 is 0. The smallest absolute Gasteiger partial charge is 0.243 e. The zero-order valence-electron chi connectivity index (χ0n) is 10.9. The van der Waals surface area contributed by atoms with E-state index in [2.05, 4.69) is 15.7 Å². The second-order valence-corrected chi connectivity index (χ2v) is 4.00. The van der Waals surface area contributed by atoms with E-state index in [-0.39, 0.29) is 12.5 Å². The molecule has 6 nitrogen and oxygen atoms in total. The first-order valence-corrected chi connectivity index (χ1v) is 5.84. The van der Waals surface area contributed by atoms with Crippen LogP contribution in [-0.2, 0) is 11.8 Å². The van der Waals surface area contributed by atoms with Gasteiger partial charge in [0.25, 0.3) is 0 Å². The van der Waals surface area contributed by atoms with Crippen molar-refractivity contribution in [3.63, 3.8) is 0 Å². The van der Waals surface area contributed by atoms with Crippen molar-refractivity contribution in [2.24, 2.45) is 7.05 Å². The van der Waals surface area contributed by atoms with Gasteiger partial charge in [-0.15, -0.1) is 0 Å². The van der Waals surface area contributed by atoms with Gasteiger partial charge in [0.15, 0.2) is 0 Å². The fourth-order valence-corrected chi connectivity index (χ4v) is 1.64. The molecule has 0 bridgehead atoms. The number of ether oxygens (including phenoxy) is 1. The van der Waals surface area contributed by atoms with Crippen LogP contribution in [0.3, 0.4) is 0 Å². The summed E-state index contributed by atoms with van der Waals surface area (Å²) in [6.45, 7) is 0.170. The molecule has 0 aliphatic rings. The van der Waals surface area contributed by atoms with E-state index in [1.807, 2.05) is 19.2 Å². The molecule has 0 saturated heterocycles. The molecule has 19 heavy (non-hydrogen) atoms. The monoisotopic (exact) mass is 260 g/mol. The molecule has 1 amide bonds. The van der Waals surface area contributed by atoms with E-state index in [1.54, 1.807) is 36.3 Å². The molecule has 1 aromatic carbocycles. The van der Waals surface area contributed by atoms with Crippen molar-refractivity contribution in [3.8, 4) is 5.75 Å². The van der Waals surface area contributed by atoms with Crippen LogP contribution in [0.5, 0.6) is 5.75 Å². The van der Waals surface area contributed by atoms with Gasteiger partial charge in [-0.25, -0.2) is 0 Å². The molecule has 0 radical (unpaired) electrons. The Bertz CT molecular complexity index is 565. The summed E-state index contributed by atoms with van der Waals surface area (Å²) in [5.74, 6) is 0.491. The number of carbonyl (C=O) groups excluding carboxylic acids is 1. The minimum atomic E-state index is -0.145. The van der Waals surface area contributed by atoms with Gasteiger partial charge in [0.2, 0.25) is 5.91 Å². The summed E-state index contributed by atoms with van der Waals surface area (Å²) < 4.78 is 6.83. The molecule has 100 valence electrons. The summed E-state index contributed by atoms with van der Waals surface area (Å²) in [6, 6.07) is 7.28. The molecule has 0 fully saturated rings. The maximum absolute atomic E-state index is 11.8. The minimum absolute atomic E-state index is 0.145. The first-order valence-electron chi connectivity index (χ1n) is 5.84. The summed E-state index contributed by atoms with van der Waals surface area (Å²) in [7, 11) is 3.39. The first kappa shape index (κ1) is 12.9. The summed E-state index contributed by atoms with van der Waals surface area (Å²) in [4.78, 5) is 11.8. The molecule has 0 unspecified atom stereocenters. The lowest BCUT2D eigenvalue weighted by Crippen LogP contribution is -2.21. The fraction of sp³-hybridized carbons (Fsp3) is 0.231. The Morgan fingerprint density at radius 1 is 1.42 bits per heavy atom. The number of carbonyl (C=O) groups is 1. The van der Waals surface area contributed by atoms with E-state index < -0.39 is 0 Å². The second-order valence-electron chi connectivity index (χ2n) is 4.00. The topological polar surface area (TPSA) is 68.2 Å². The van der Waals surface area contributed by atoms with Gasteiger partial charge in [0.1, 0.15) is 5.75 Å². The third kappa shape index (κ3) is 3.48. The highest BCUT2D eigenvalue weighted by Crippen LogP contribution is 2.22. The van der Waals surface area contributed by atoms with Gasteiger partial charge in [-0.3, -0.25) is 9.48 Å². The Morgan fingerprint density at radius 3 is 2.89 bits per heavy atom. The number of nitrogens with zero attached hydrogens (tertiary/aromatic N) is 2. The fourth-order valence-electron chi connectivity index (χ4n) is 1.64. The number of amides is 1. The van der Waals surface area contributed by atoms with Crippen LogP contribution in [-0.4, -0.2) is 29.3 Å². The quantitative estimate of drug-likeness (QED) is 0.854. The van der Waals surface area contributed by atoms with Crippen molar-refractivity contribution in [2.45, 2.75) is 0 Å². The van der Waals surface area contributed by atoms with Crippen LogP contribution in [0, 0.1) is 0 Å². The van der Waals surface area contributed by atoms with Crippen LogP contribution in [0.1, 0.15) is 0 Å². The molecule has 0 aliphatic carbocycles. The van der Waals surface area contributed by atoms with Crippen molar-refractivity contribution >= 4 is 17.3 Å². The summed E-state index contributed by atoms with van der Waals surface area (Å²) in [5.41, 5.74) is 1.46. The predicted octanol–water partition coefficient (Wildman–Crippen LogP) is 1.48. The predicted molar refractivity (Wildman–Crippen MR) is 73.3 cm³/mol. The number of aromatic nitrogens is 2. The molecule has 6 heteroatoms. The highest BCUT2D eigenvalue weighted by Gasteiger charge is 2.06. The Morgan fingerprint density at radius 2 is 2.21 bits per heavy atom. The number of anilines is 2. The molecular weight excluding hydrogens is 244 g/mol. The lowest BCUT2D eigenvalue weighted by molar-refractivity contribution is -0.114. The average molecular weight is 260 g/mol. The van der Waals surface area contributed by atoms with Crippen molar-refractivity contribution in [1.82, 2.24) is 9.78 Å². The van der Waals surface area contributed by atoms with E-state index in [0.29, 0.717) is 11.4 Å². The molecule has 2 rings (SSSR count). The molecule has 2 N–H and O–H groups in total. The van der Waals surface area contributed by atoms with Gasteiger partial charge in [-0.2, -0.15) is 5.10 Å². The molecule has 1 aromatic heterocycles. The standard InChI is InChI=1S/C13H16N4O2/c1-17-9-10(7-15-17)14-8-13(18)16-11-5-3-4-6-12(11)19-2/h3-7,9,14H,8H2,1-2H3,(H,16,18). The molecular formula is C13H16N4O2. The lowest BCUT2D eigenvalue weighted by Gasteiger charge is -2.10. The SMILES string of the molecule is COc1ccccc1NC(=O)CNc1cnn(C)c1. The van der Waals surface area contributed by atoms with Crippen LogP contribution >= 0.6 is 0 Å². The highest BCUT2D eigenvalue weighted by molar-refractivity contribution is 5.95. The zero-order chi connectivity index (χ0) is 13.7. The van der Waals surface area contributed by atoms with Crippen molar-refractivity contribution in [2.75, 3.05) is 24.3 Å². The van der Waals surface area contributed by atoms with Gasteiger partial charge in [-0.05, 0) is 12.1 Å². The molecule has 2 aromatic rings. The van der Waals surface area contributed by atoms with Crippen LogP contribution in [0.15, 0.2) is 36.7 Å². The molecule has 0 atom stereocenters. The van der Waals surface area contributed by atoms with Crippen LogP contribution in [0.2, 0.25) is 0 Å². The maximum atomic E-state index is 11.8. The Labute approximate surface area is 111 Å².